The molecule has 1 aliphatic rings. The van der Waals surface area contributed by atoms with Crippen LogP contribution < -0.4 is 15.0 Å². The van der Waals surface area contributed by atoms with Crippen LogP contribution in [-0.2, 0) is 0 Å². The van der Waals surface area contributed by atoms with Crippen LogP contribution in [0.15, 0.2) is 54.9 Å². The van der Waals surface area contributed by atoms with Gasteiger partial charge in [-0.1, -0.05) is 13.0 Å². The van der Waals surface area contributed by atoms with E-state index >= 15 is 0 Å². The first kappa shape index (κ1) is 22.6. The summed E-state index contributed by atoms with van der Waals surface area (Å²) in [6.45, 7) is 5.87. The Bertz CT molecular complexity index is 1130. The number of alkyl halides is 3. The Labute approximate surface area is 189 Å². The number of hydrogen-bond acceptors (Lipinski definition) is 5. The summed E-state index contributed by atoms with van der Waals surface area (Å²) in [4.78, 5) is 24.0. The summed E-state index contributed by atoms with van der Waals surface area (Å²) < 4.78 is 40.9. The van der Waals surface area contributed by atoms with Crippen molar-refractivity contribution in [1.82, 2.24) is 9.97 Å². The van der Waals surface area contributed by atoms with Gasteiger partial charge in [0.15, 0.2) is 0 Å². The molecule has 3 heterocycles. The number of carbonyl (C=O) groups is 1. The van der Waals surface area contributed by atoms with Crippen LogP contribution in [0.4, 0.5) is 24.7 Å². The first-order valence-electron chi connectivity index (χ1n) is 10.5. The molecule has 1 aliphatic heterocycles. The maximum Gasteiger partial charge on any atom is 0.573 e. The summed E-state index contributed by atoms with van der Waals surface area (Å²) in [5, 5.41) is 2.69. The van der Waals surface area contributed by atoms with E-state index in [-0.39, 0.29) is 5.75 Å². The lowest BCUT2D eigenvalue weighted by Gasteiger charge is -2.21. The lowest BCUT2D eigenvalue weighted by molar-refractivity contribution is -0.274. The zero-order valence-electron chi connectivity index (χ0n) is 18.2. The number of ether oxygens (including phenoxy) is 1. The first-order valence-corrected chi connectivity index (χ1v) is 10.5. The molecular weight excluding hydrogens is 433 g/mol. The number of amides is 1. The molecule has 1 fully saturated rings. The molecule has 6 nitrogen and oxygen atoms in total. The molecule has 4 rings (SSSR count). The second kappa shape index (κ2) is 9.09. The monoisotopic (exact) mass is 456 g/mol. The van der Waals surface area contributed by atoms with Crippen molar-refractivity contribution >= 4 is 17.4 Å². The summed E-state index contributed by atoms with van der Waals surface area (Å²) in [5.41, 5.74) is 3.21. The van der Waals surface area contributed by atoms with Gasteiger partial charge < -0.3 is 15.0 Å². The summed E-state index contributed by atoms with van der Waals surface area (Å²) in [6, 6.07) is 10.6. The van der Waals surface area contributed by atoms with Crippen molar-refractivity contribution in [3.63, 3.8) is 0 Å². The Morgan fingerprint density at radius 3 is 2.48 bits per heavy atom. The van der Waals surface area contributed by atoms with Crippen LogP contribution in [0.5, 0.6) is 5.75 Å². The molecule has 1 saturated heterocycles. The zero-order chi connectivity index (χ0) is 23.6. The largest absolute Gasteiger partial charge is 0.573 e. The number of benzene rings is 1. The molecule has 0 spiro atoms. The minimum Gasteiger partial charge on any atom is -0.406 e. The van der Waals surface area contributed by atoms with E-state index in [2.05, 4.69) is 31.8 Å². The quantitative estimate of drug-likeness (QED) is 0.553. The van der Waals surface area contributed by atoms with Crippen LogP contribution in [0.25, 0.3) is 11.1 Å². The lowest BCUT2D eigenvalue weighted by atomic mass is 10.0. The molecule has 33 heavy (non-hydrogen) atoms. The Balaban J connectivity index is 1.59. The fourth-order valence-corrected chi connectivity index (χ4v) is 3.74. The van der Waals surface area contributed by atoms with Crippen molar-refractivity contribution < 1.29 is 22.7 Å². The van der Waals surface area contributed by atoms with Crippen LogP contribution in [0, 0.1) is 12.8 Å². The maximum absolute atomic E-state index is 12.9. The maximum atomic E-state index is 12.9. The van der Waals surface area contributed by atoms with E-state index in [1.807, 2.05) is 19.1 Å². The van der Waals surface area contributed by atoms with Gasteiger partial charge in [-0.2, -0.15) is 0 Å². The summed E-state index contributed by atoms with van der Waals surface area (Å²) >= 11 is 0. The van der Waals surface area contributed by atoms with Gasteiger partial charge in [0.25, 0.3) is 5.91 Å². The summed E-state index contributed by atoms with van der Waals surface area (Å²) in [7, 11) is 0. The van der Waals surface area contributed by atoms with Crippen LogP contribution in [0.2, 0.25) is 0 Å². The van der Waals surface area contributed by atoms with Gasteiger partial charge in [0.2, 0.25) is 0 Å². The molecule has 0 saturated carbocycles. The standard InChI is InChI=1S/C24H23F3N4O2/c1-15-9-10-31(14-15)22-21(17-4-3-16(2)28-12-17)11-18(13-29-22)23(32)30-19-5-7-20(8-6-19)33-24(25,26)27/h3-8,11-13,15H,9-10,14H2,1-2H3,(H,30,32)/t15-/m0/s1. The lowest BCUT2D eigenvalue weighted by Crippen LogP contribution is -2.22. The minimum absolute atomic E-state index is 0.331. The Kier molecular flexibility index (Phi) is 6.22. The molecule has 1 atom stereocenters. The number of pyridine rings is 2. The van der Waals surface area contributed by atoms with Crippen molar-refractivity contribution in [3.8, 4) is 16.9 Å². The summed E-state index contributed by atoms with van der Waals surface area (Å²) in [6.07, 6.45) is -0.424. The van der Waals surface area contributed by atoms with Gasteiger partial charge in [0.1, 0.15) is 11.6 Å². The molecule has 3 aromatic rings. The predicted molar refractivity (Wildman–Crippen MR) is 119 cm³/mol. The number of hydrogen-bond donors (Lipinski definition) is 1. The van der Waals surface area contributed by atoms with E-state index in [9.17, 15) is 18.0 Å². The normalized spacial score (nSPS) is 16.0. The number of anilines is 2. The van der Waals surface area contributed by atoms with Gasteiger partial charge in [-0.3, -0.25) is 9.78 Å². The van der Waals surface area contributed by atoms with Crippen molar-refractivity contribution in [2.75, 3.05) is 23.3 Å². The fraction of sp³-hybridized carbons (Fsp3) is 0.292. The first-order chi connectivity index (χ1) is 15.7. The van der Waals surface area contributed by atoms with E-state index in [4.69, 9.17) is 0 Å². The highest BCUT2D eigenvalue weighted by Gasteiger charge is 2.31. The summed E-state index contributed by atoms with van der Waals surface area (Å²) in [5.74, 6) is 0.577. The molecule has 9 heteroatoms. The highest BCUT2D eigenvalue weighted by molar-refractivity contribution is 6.05. The van der Waals surface area contributed by atoms with Crippen molar-refractivity contribution in [3.05, 3.63) is 66.1 Å². The van der Waals surface area contributed by atoms with Gasteiger partial charge in [-0.15, -0.1) is 13.2 Å². The van der Waals surface area contributed by atoms with Crippen LogP contribution in [0.3, 0.4) is 0 Å². The molecular formula is C24H23F3N4O2. The molecule has 0 aliphatic carbocycles. The second-order valence-corrected chi connectivity index (χ2v) is 8.15. The van der Waals surface area contributed by atoms with Gasteiger partial charge in [-0.25, -0.2) is 4.98 Å². The number of rotatable bonds is 5. The third-order valence-electron chi connectivity index (χ3n) is 5.42. The fourth-order valence-electron chi connectivity index (χ4n) is 3.74. The molecule has 0 radical (unpaired) electrons. The number of carbonyl (C=O) groups excluding carboxylic acids is 1. The molecule has 0 unspecified atom stereocenters. The van der Waals surface area contributed by atoms with Crippen molar-refractivity contribution in [1.29, 1.82) is 0 Å². The van der Waals surface area contributed by atoms with Gasteiger partial charge in [-0.05, 0) is 55.7 Å². The average molecular weight is 456 g/mol. The molecule has 172 valence electrons. The third-order valence-corrected chi connectivity index (χ3v) is 5.42. The second-order valence-electron chi connectivity index (χ2n) is 8.15. The predicted octanol–water partition coefficient (Wildman–Crippen LogP) is 5.45. The van der Waals surface area contributed by atoms with E-state index < -0.39 is 12.3 Å². The number of aromatic nitrogens is 2. The Morgan fingerprint density at radius 1 is 1.12 bits per heavy atom. The van der Waals surface area contributed by atoms with Crippen molar-refractivity contribution in [2.24, 2.45) is 5.92 Å². The topological polar surface area (TPSA) is 67.3 Å². The van der Waals surface area contributed by atoms with E-state index in [1.165, 1.54) is 18.3 Å². The molecule has 1 N–H and O–H groups in total. The highest BCUT2D eigenvalue weighted by Crippen LogP contribution is 2.33. The number of nitrogens with one attached hydrogen (secondary N) is 1. The van der Waals surface area contributed by atoms with Gasteiger partial charge in [0.05, 0.1) is 5.56 Å². The van der Waals surface area contributed by atoms with E-state index in [0.29, 0.717) is 17.2 Å². The van der Waals surface area contributed by atoms with Gasteiger partial charge in [0, 0.05) is 48.0 Å². The molecule has 2 aromatic heterocycles. The molecule has 1 amide bonds. The Hall–Kier alpha value is -3.62. The number of aryl methyl sites for hydroxylation is 1. The Morgan fingerprint density at radius 2 is 1.88 bits per heavy atom. The number of halogens is 3. The van der Waals surface area contributed by atoms with Crippen LogP contribution in [-0.4, -0.2) is 35.3 Å². The molecule has 0 bridgehead atoms. The SMILES string of the molecule is Cc1ccc(-c2cc(C(=O)Nc3ccc(OC(F)(F)F)cc3)cnc2N2CC[C@H](C)C2)cn1. The van der Waals surface area contributed by atoms with E-state index in [0.717, 1.165) is 54.3 Å². The van der Waals surface area contributed by atoms with Gasteiger partial charge >= 0.3 is 6.36 Å². The highest BCUT2D eigenvalue weighted by atomic mass is 19.4. The average Bonchev–Trinajstić information content (AvgIpc) is 3.20. The van der Waals surface area contributed by atoms with Crippen LogP contribution in [0.1, 0.15) is 29.4 Å². The van der Waals surface area contributed by atoms with E-state index in [1.54, 1.807) is 12.3 Å². The third kappa shape index (κ3) is 5.60. The number of nitrogens with zero attached hydrogens (tertiary/aromatic N) is 3. The van der Waals surface area contributed by atoms with Crippen LogP contribution >= 0.6 is 0 Å². The zero-order valence-corrected chi connectivity index (χ0v) is 18.2. The molecule has 1 aromatic carbocycles. The smallest absolute Gasteiger partial charge is 0.406 e. The van der Waals surface area contributed by atoms with Crippen molar-refractivity contribution in [2.45, 2.75) is 26.6 Å². The minimum atomic E-state index is -4.77.